The summed E-state index contributed by atoms with van der Waals surface area (Å²) in [6.45, 7) is 3.49. The highest BCUT2D eigenvalue weighted by Gasteiger charge is 2.12. The van der Waals surface area contributed by atoms with E-state index in [4.69, 9.17) is 9.47 Å². The Kier molecular flexibility index (Phi) is 6.17. The number of carbonyl (C=O) groups excluding carboxylic acids is 1. The van der Waals surface area contributed by atoms with Gasteiger partial charge in [-0.05, 0) is 30.2 Å². The minimum absolute atomic E-state index is 0.134. The molecule has 2 aromatic rings. The number of amides is 1. The van der Waals surface area contributed by atoms with Gasteiger partial charge in [0.2, 0.25) is 0 Å². The van der Waals surface area contributed by atoms with Crippen LogP contribution in [0.1, 0.15) is 28.7 Å². The summed E-state index contributed by atoms with van der Waals surface area (Å²) in [4.78, 5) is 12.2. The molecule has 1 aromatic heterocycles. The number of carbonyl (C=O) groups is 1. The van der Waals surface area contributed by atoms with Crippen LogP contribution in [0.2, 0.25) is 0 Å². The third-order valence-electron chi connectivity index (χ3n) is 3.43. The smallest absolute Gasteiger partial charge is 0.269 e. The normalized spacial score (nSPS) is 10.6. The standard InChI is InChI=1S/C17H23N3O3/c1-4-14-11-16(20(2)19-14)17(21)18-12-13-6-5-7-15(10-13)23-9-8-22-3/h5-7,10-11H,4,8-9,12H2,1-3H3,(H,18,21). The number of ether oxygens (including phenoxy) is 2. The molecule has 0 saturated carbocycles. The largest absolute Gasteiger partial charge is 0.491 e. The average Bonchev–Trinajstić information content (AvgIpc) is 2.94. The maximum Gasteiger partial charge on any atom is 0.269 e. The fraction of sp³-hybridized carbons (Fsp3) is 0.412. The molecule has 0 radical (unpaired) electrons. The van der Waals surface area contributed by atoms with Gasteiger partial charge in [-0.2, -0.15) is 5.10 Å². The number of nitrogens with one attached hydrogen (secondary N) is 1. The summed E-state index contributed by atoms with van der Waals surface area (Å²) in [7, 11) is 3.41. The SMILES string of the molecule is CCc1cc(C(=O)NCc2cccc(OCCOC)c2)n(C)n1. The first-order valence-corrected chi connectivity index (χ1v) is 7.65. The van der Waals surface area contributed by atoms with Crippen LogP contribution in [-0.4, -0.2) is 36.0 Å². The highest BCUT2D eigenvalue weighted by molar-refractivity contribution is 5.92. The lowest BCUT2D eigenvalue weighted by molar-refractivity contribution is 0.0941. The fourth-order valence-electron chi connectivity index (χ4n) is 2.17. The average molecular weight is 317 g/mol. The summed E-state index contributed by atoms with van der Waals surface area (Å²) >= 11 is 0. The zero-order chi connectivity index (χ0) is 16.7. The van der Waals surface area contributed by atoms with Crippen molar-refractivity contribution in [2.75, 3.05) is 20.3 Å². The van der Waals surface area contributed by atoms with E-state index in [-0.39, 0.29) is 5.91 Å². The van der Waals surface area contributed by atoms with Crippen molar-refractivity contribution in [3.8, 4) is 5.75 Å². The van der Waals surface area contributed by atoms with E-state index in [1.165, 1.54) is 0 Å². The molecule has 0 fully saturated rings. The summed E-state index contributed by atoms with van der Waals surface area (Å²) in [6.07, 6.45) is 0.808. The molecule has 1 aromatic carbocycles. The molecule has 0 aliphatic heterocycles. The molecule has 1 heterocycles. The van der Waals surface area contributed by atoms with Crippen LogP contribution in [0, 0.1) is 0 Å². The molecule has 124 valence electrons. The molecule has 2 rings (SSSR count). The van der Waals surface area contributed by atoms with Crippen LogP contribution in [0.5, 0.6) is 5.75 Å². The van der Waals surface area contributed by atoms with Gasteiger partial charge in [-0.15, -0.1) is 0 Å². The van der Waals surface area contributed by atoms with Crippen LogP contribution in [-0.2, 0) is 24.8 Å². The molecule has 0 atom stereocenters. The van der Waals surface area contributed by atoms with Crippen molar-refractivity contribution in [1.29, 1.82) is 0 Å². The molecule has 6 heteroatoms. The lowest BCUT2D eigenvalue weighted by atomic mass is 10.2. The second kappa shape index (κ2) is 8.33. The van der Waals surface area contributed by atoms with E-state index in [2.05, 4.69) is 10.4 Å². The van der Waals surface area contributed by atoms with Gasteiger partial charge in [0.05, 0.1) is 12.3 Å². The molecule has 0 bridgehead atoms. The Morgan fingerprint density at radius 1 is 1.30 bits per heavy atom. The molecule has 0 spiro atoms. The maximum atomic E-state index is 12.2. The maximum absolute atomic E-state index is 12.2. The number of benzene rings is 1. The monoisotopic (exact) mass is 317 g/mol. The molecular formula is C17H23N3O3. The molecule has 6 nitrogen and oxygen atoms in total. The Bertz CT molecular complexity index is 652. The second-order valence-corrected chi connectivity index (χ2v) is 5.17. The first-order chi connectivity index (χ1) is 11.1. The van der Waals surface area contributed by atoms with Gasteiger partial charge >= 0.3 is 0 Å². The third-order valence-corrected chi connectivity index (χ3v) is 3.43. The number of hydrogen-bond acceptors (Lipinski definition) is 4. The van der Waals surface area contributed by atoms with Crippen molar-refractivity contribution in [2.24, 2.45) is 7.05 Å². The van der Waals surface area contributed by atoms with Gasteiger partial charge in [0.1, 0.15) is 18.1 Å². The third kappa shape index (κ3) is 4.82. The van der Waals surface area contributed by atoms with Gasteiger partial charge in [0.25, 0.3) is 5.91 Å². The lowest BCUT2D eigenvalue weighted by Gasteiger charge is -2.09. The van der Waals surface area contributed by atoms with E-state index in [0.717, 1.165) is 23.4 Å². The Morgan fingerprint density at radius 2 is 2.13 bits per heavy atom. The predicted molar refractivity (Wildman–Crippen MR) is 87.6 cm³/mol. The first-order valence-electron chi connectivity index (χ1n) is 7.65. The van der Waals surface area contributed by atoms with Gasteiger partial charge in [-0.3, -0.25) is 9.48 Å². The highest BCUT2D eigenvalue weighted by atomic mass is 16.5. The summed E-state index contributed by atoms with van der Waals surface area (Å²) < 4.78 is 12.1. The van der Waals surface area contributed by atoms with Crippen molar-refractivity contribution in [1.82, 2.24) is 15.1 Å². The summed E-state index contributed by atoms with van der Waals surface area (Å²) in [5.74, 6) is 0.632. The quantitative estimate of drug-likeness (QED) is 0.756. The van der Waals surface area contributed by atoms with Crippen molar-refractivity contribution < 1.29 is 14.3 Å². The van der Waals surface area contributed by atoms with E-state index in [9.17, 15) is 4.79 Å². The van der Waals surface area contributed by atoms with Crippen LogP contribution < -0.4 is 10.1 Å². The van der Waals surface area contributed by atoms with E-state index in [1.807, 2.05) is 37.3 Å². The van der Waals surface area contributed by atoms with Gasteiger partial charge in [0.15, 0.2) is 0 Å². The number of hydrogen-bond donors (Lipinski definition) is 1. The summed E-state index contributed by atoms with van der Waals surface area (Å²) in [5.41, 5.74) is 2.45. The van der Waals surface area contributed by atoms with Crippen LogP contribution in [0.3, 0.4) is 0 Å². The molecule has 23 heavy (non-hydrogen) atoms. The molecule has 0 aliphatic carbocycles. The zero-order valence-corrected chi connectivity index (χ0v) is 13.8. The van der Waals surface area contributed by atoms with Gasteiger partial charge in [-0.25, -0.2) is 0 Å². The van der Waals surface area contributed by atoms with Crippen LogP contribution in [0.4, 0.5) is 0 Å². The Labute approximate surface area is 136 Å². The molecular weight excluding hydrogens is 294 g/mol. The minimum Gasteiger partial charge on any atom is -0.491 e. The number of aryl methyl sites for hydroxylation is 2. The zero-order valence-electron chi connectivity index (χ0n) is 13.8. The minimum atomic E-state index is -0.134. The van der Waals surface area contributed by atoms with Crippen LogP contribution in [0.25, 0.3) is 0 Å². The summed E-state index contributed by atoms with van der Waals surface area (Å²) in [6, 6.07) is 9.47. The number of rotatable bonds is 8. The fourth-order valence-corrected chi connectivity index (χ4v) is 2.17. The first kappa shape index (κ1) is 17.0. The Hall–Kier alpha value is -2.34. The van der Waals surface area contributed by atoms with Gasteiger partial charge < -0.3 is 14.8 Å². The van der Waals surface area contributed by atoms with E-state index in [0.29, 0.717) is 25.5 Å². The van der Waals surface area contributed by atoms with Crippen molar-refractivity contribution >= 4 is 5.91 Å². The number of nitrogens with zero attached hydrogens (tertiary/aromatic N) is 2. The number of aromatic nitrogens is 2. The van der Waals surface area contributed by atoms with Crippen LogP contribution >= 0.6 is 0 Å². The van der Waals surface area contributed by atoms with E-state index < -0.39 is 0 Å². The Balaban J connectivity index is 1.93. The second-order valence-electron chi connectivity index (χ2n) is 5.17. The van der Waals surface area contributed by atoms with Crippen LogP contribution in [0.15, 0.2) is 30.3 Å². The van der Waals surface area contributed by atoms with Crippen molar-refractivity contribution in [3.05, 3.63) is 47.3 Å². The van der Waals surface area contributed by atoms with E-state index >= 15 is 0 Å². The molecule has 0 saturated heterocycles. The molecule has 0 aliphatic rings. The highest BCUT2D eigenvalue weighted by Crippen LogP contribution is 2.13. The molecule has 1 amide bonds. The molecule has 1 N–H and O–H groups in total. The molecule has 0 unspecified atom stereocenters. The van der Waals surface area contributed by atoms with Crippen molar-refractivity contribution in [2.45, 2.75) is 19.9 Å². The van der Waals surface area contributed by atoms with E-state index in [1.54, 1.807) is 18.8 Å². The topological polar surface area (TPSA) is 65.4 Å². The number of methoxy groups -OCH3 is 1. The van der Waals surface area contributed by atoms with Gasteiger partial charge in [-0.1, -0.05) is 19.1 Å². The lowest BCUT2D eigenvalue weighted by Crippen LogP contribution is -2.25. The predicted octanol–water partition coefficient (Wildman–Crippen LogP) is 1.94. The van der Waals surface area contributed by atoms with Gasteiger partial charge in [0, 0.05) is 20.7 Å². The Morgan fingerprint density at radius 3 is 2.83 bits per heavy atom. The summed E-state index contributed by atoms with van der Waals surface area (Å²) in [5, 5.41) is 7.19. The van der Waals surface area contributed by atoms with Crippen molar-refractivity contribution in [3.63, 3.8) is 0 Å².